The summed E-state index contributed by atoms with van der Waals surface area (Å²) in [5.41, 5.74) is 0. The van der Waals surface area contributed by atoms with Crippen molar-refractivity contribution in [3.63, 3.8) is 0 Å². The lowest BCUT2D eigenvalue weighted by Crippen LogP contribution is -2.22. The fourth-order valence-electron chi connectivity index (χ4n) is 0.611. The van der Waals surface area contributed by atoms with Gasteiger partial charge in [-0.3, -0.25) is 4.79 Å². The molecule has 0 aliphatic heterocycles. The van der Waals surface area contributed by atoms with Gasteiger partial charge in [0.1, 0.15) is 0 Å². The summed E-state index contributed by atoms with van der Waals surface area (Å²) in [6.07, 6.45) is 0.475. The Balaban J connectivity index is 3.50. The van der Waals surface area contributed by atoms with E-state index in [-0.39, 0.29) is 6.61 Å². The summed E-state index contributed by atoms with van der Waals surface area (Å²) in [6, 6.07) is 0. The van der Waals surface area contributed by atoms with Crippen molar-refractivity contribution in [1.82, 2.24) is 5.32 Å². The summed E-state index contributed by atoms with van der Waals surface area (Å²) >= 11 is 0. The first-order valence-electron chi connectivity index (χ1n) is 3.20. The highest BCUT2D eigenvalue weighted by molar-refractivity contribution is 5.70. The number of hydrogen-bond donors (Lipinski definition) is 3. The predicted octanol–water partition coefficient (Wildman–Crippen LogP) is -0.711. The van der Waals surface area contributed by atoms with Crippen LogP contribution in [-0.4, -0.2) is 36.4 Å². The maximum atomic E-state index is 10.2. The Morgan fingerprint density at radius 3 is 2.60 bits per heavy atom. The van der Waals surface area contributed by atoms with Gasteiger partial charge in [-0.15, -0.1) is 0 Å². The summed E-state index contributed by atoms with van der Waals surface area (Å²) in [4.78, 5) is 10.2. The first kappa shape index (κ1) is 9.39. The van der Waals surface area contributed by atoms with Crippen LogP contribution in [0.2, 0.25) is 0 Å². The van der Waals surface area contributed by atoms with Gasteiger partial charge in [-0.05, 0) is 20.0 Å². The second kappa shape index (κ2) is 5.20. The van der Waals surface area contributed by atoms with Gasteiger partial charge in [-0.25, -0.2) is 0 Å². The zero-order valence-electron chi connectivity index (χ0n) is 6.00. The summed E-state index contributed by atoms with van der Waals surface area (Å²) in [5, 5.41) is 19.7. The lowest BCUT2D eigenvalue weighted by molar-refractivity contribution is -0.143. The highest BCUT2D eigenvalue weighted by Crippen LogP contribution is 1.99. The number of aliphatic carboxylic acids is 1. The second-order valence-corrected chi connectivity index (χ2v) is 2.11. The van der Waals surface area contributed by atoms with Crippen LogP contribution in [0.1, 0.15) is 6.42 Å². The minimum absolute atomic E-state index is 0.281. The summed E-state index contributed by atoms with van der Waals surface area (Å²) in [5.74, 6) is -1.55. The van der Waals surface area contributed by atoms with E-state index in [1.165, 1.54) is 0 Å². The largest absolute Gasteiger partial charge is 0.481 e. The number of carbonyl (C=O) groups is 1. The van der Waals surface area contributed by atoms with E-state index in [0.29, 0.717) is 13.0 Å². The molecule has 0 spiro atoms. The van der Waals surface area contributed by atoms with Gasteiger partial charge in [-0.2, -0.15) is 0 Å². The highest BCUT2D eigenvalue weighted by Gasteiger charge is 2.14. The standard InChI is InChI=1S/C6H13NO3/c1-7-3-2-5(4-8)6(9)10/h5,7-8H,2-4H2,1H3,(H,9,10). The van der Waals surface area contributed by atoms with E-state index in [4.69, 9.17) is 10.2 Å². The number of nitrogens with one attached hydrogen (secondary N) is 1. The normalized spacial score (nSPS) is 13.0. The number of aliphatic hydroxyl groups excluding tert-OH is 1. The van der Waals surface area contributed by atoms with E-state index in [1.54, 1.807) is 7.05 Å². The van der Waals surface area contributed by atoms with E-state index >= 15 is 0 Å². The van der Waals surface area contributed by atoms with E-state index in [0.717, 1.165) is 0 Å². The number of hydrogen-bond acceptors (Lipinski definition) is 3. The molecule has 4 nitrogen and oxygen atoms in total. The van der Waals surface area contributed by atoms with E-state index in [9.17, 15) is 4.79 Å². The maximum absolute atomic E-state index is 10.2. The van der Waals surface area contributed by atoms with Gasteiger partial charge in [-0.1, -0.05) is 0 Å². The van der Waals surface area contributed by atoms with Crippen LogP contribution in [0, 0.1) is 5.92 Å². The Bertz CT molecular complexity index is 105. The molecule has 0 aliphatic rings. The van der Waals surface area contributed by atoms with Gasteiger partial charge in [0.2, 0.25) is 0 Å². The molecule has 4 heteroatoms. The SMILES string of the molecule is CNCCC(CO)C(=O)O. The second-order valence-electron chi connectivity index (χ2n) is 2.11. The van der Waals surface area contributed by atoms with Crippen molar-refractivity contribution in [2.24, 2.45) is 5.92 Å². The highest BCUT2D eigenvalue weighted by atomic mass is 16.4. The molecule has 0 amide bonds. The van der Waals surface area contributed by atoms with Crippen molar-refractivity contribution in [2.75, 3.05) is 20.2 Å². The van der Waals surface area contributed by atoms with Crippen LogP contribution in [-0.2, 0) is 4.79 Å². The van der Waals surface area contributed by atoms with Crippen molar-refractivity contribution in [3.05, 3.63) is 0 Å². The van der Waals surface area contributed by atoms with Crippen LogP contribution < -0.4 is 5.32 Å². The summed E-state index contributed by atoms with van der Waals surface area (Å²) < 4.78 is 0. The van der Waals surface area contributed by atoms with Gasteiger partial charge in [0.15, 0.2) is 0 Å². The van der Waals surface area contributed by atoms with Crippen molar-refractivity contribution < 1.29 is 15.0 Å². The minimum Gasteiger partial charge on any atom is -0.481 e. The fourth-order valence-corrected chi connectivity index (χ4v) is 0.611. The Hall–Kier alpha value is -0.610. The first-order chi connectivity index (χ1) is 4.72. The Morgan fingerprint density at radius 2 is 2.30 bits per heavy atom. The molecule has 1 atom stereocenters. The van der Waals surface area contributed by atoms with Crippen molar-refractivity contribution >= 4 is 5.97 Å². The number of carboxylic acids is 1. The molecule has 0 radical (unpaired) electrons. The molecular weight excluding hydrogens is 134 g/mol. The molecule has 0 saturated heterocycles. The third-order valence-corrected chi connectivity index (χ3v) is 1.31. The van der Waals surface area contributed by atoms with Crippen LogP contribution in [0.15, 0.2) is 0 Å². The smallest absolute Gasteiger partial charge is 0.308 e. The number of aliphatic hydroxyl groups is 1. The molecule has 0 bridgehead atoms. The average molecular weight is 147 g/mol. The molecule has 0 heterocycles. The molecule has 0 aromatic rings. The van der Waals surface area contributed by atoms with Gasteiger partial charge in [0, 0.05) is 0 Å². The van der Waals surface area contributed by atoms with Crippen LogP contribution in [0.4, 0.5) is 0 Å². The monoisotopic (exact) mass is 147 g/mol. The summed E-state index contributed by atoms with van der Waals surface area (Å²) in [6.45, 7) is 0.342. The van der Waals surface area contributed by atoms with Gasteiger partial charge >= 0.3 is 5.97 Å². The lowest BCUT2D eigenvalue weighted by Gasteiger charge is -2.06. The van der Waals surface area contributed by atoms with Crippen molar-refractivity contribution in [3.8, 4) is 0 Å². The maximum Gasteiger partial charge on any atom is 0.308 e. The molecule has 10 heavy (non-hydrogen) atoms. The minimum atomic E-state index is -0.933. The Labute approximate surface area is 59.9 Å². The van der Waals surface area contributed by atoms with Gasteiger partial charge in [0.25, 0.3) is 0 Å². The zero-order chi connectivity index (χ0) is 7.98. The van der Waals surface area contributed by atoms with Gasteiger partial charge < -0.3 is 15.5 Å². The topological polar surface area (TPSA) is 69.6 Å². The van der Waals surface area contributed by atoms with Crippen LogP contribution in [0.5, 0.6) is 0 Å². The third-order valence-electron chi connectivity index (χ3n) is 1.31. The average Bonchev–Trinajstić information content (AvgIpc) is 1.89. The van der Waals surface area contributed by atoms with E-state index in [1.807, 2.05) is 0 Å². The lowest BCUT2D eigenvalue weighted by atomic mass is 10.1. The van der Waals surface area contributed by atoms with Crippen LogP contribution in [0.25, 0.3) is 0 Å². The van der Waals surface area contributed by atoms with Crippen molar-refractivity contribution in [2.45, 2.75) is 6.42 Å². The molecule has 0 saturated carbocycles. The number of rotatable bonds is 5. The summed E-state index contributed by atoms with van der Waals surface area (Å²) in [7, 11) is 1.75. The molecular formula is C6H13NO3. The molecule has 0 aliphatic carbocycles. The zero-order valence-corrected chi connectivity index (χ0v) is 6.00. The molecule has 1 unspecified atom stereocenters. The quantitative estimate of drug-likeness (QED) is 0.480. The first-order valence-corrected chi connectivity index (χ1v) is 3.20. The van der Waals surface area contributed by atoms with Crippen molar-refractivity contribution in [1.29, 1.82) is 0 Å². The van der Waals surface area contributed by atoms with Gasteiger partial charge in [0.05, 0.1) is 12.5 Å². The molecule has 0 aromatic heterocycles. The van der Waals surface area contributed by atoms with Crippen LogP contribution >= 0.6 is 0 Å². The molecule has 0 aromatic carbocycles. The fraction of sp³-hybridized carbons (Fsp3) is 0.833. The molecule has 0 rings (SSSR count). The van der Waals surface area contributed by atoms with Crippen LogP contribution in [0.3, 0.4) is 0 Å². The van der Waals surface area contributed by atoms with E-state index < -0.39 is 11.9 Å². The number of carboxylic acid groups (broad SMARTS) is 1. The third kappa shape index (κ3) is 3.42. The van der Waals surface area contributed by atoms with E-state index in [2.05, 4.69) is 5.32 Å². The molecule has 60 valence electrons. The Morgan fingerprint density at radius 1 is 1.70 bits per heavy atom. The molecule has 3 N–H and O–H groups in total. The predicted molar refractivity (Wildman–Crippen MR) is 36.8 cm³/mol. The molecule has 0 fully saturated rings. The Kier molecular flexibility index (Phi) is 4.88.